The van der Waals surface area contributed by atoms with Gasteiger partial charge in [0.25, 0.3) is 0 Å². The van der Waals surface area contributed by atoms with Crippen LogP contribution in [0.2, 0.25) is 0 Å². The molecule has 1 aliphatic heterocycles. The Bertz CT molecular complexity index is 179. The van der Waals surface area contributed by atoms with Crippen LogP contribution in [0.5, 0.6) is 0 Å². The topological polar surface area (TPSA) is 29.5 Å². The first-order chi connectivity index (χ1) is 6.77. The molecule has 0 atom stereocenters. The van der Waals surface area contributed by atoms with Crippen LogP contribution in [0.3, 0.4) is 0 Å². The fraction of sp³-hybridized carbons (Fsp3) is 0.900. The van der Waals surface area contributed by atoms with Crippen molar-refractivity contribution in [1.82, 2.24) is 4.90 Å². The van der Waals surface area contributed by atoms with E-state index in [2.05, 4.69) is 19.6 Å². The number of amides is 1. The average Bonchev–Trinajstić information content (AvgIpc) is 2.26. The summed E-state index contributed by atoms with van der Waals surface area (Å²) in [6, 6.07) is 0. The molecule has 1 fully saturated rings. The maximum absolute atomic E-state index is 11.4. The summed E-state index contributed by atoms with van der Waals surface area (Å²) >= 11 is 3.99. The highest BCUT2D eigenvalue weighted by Crippen LogP contribution is 2.20. The minimum absolute atomic E-state index is 0.173. The lowest BCUT2D eigenvalue weighted by Gasteiger charge is -2.30. The van der Waals surface area contributed by atoms with E-state index in [0.717, 1.165) is 31.8 Å². The van der Waals surface area contributed by atoms with E-state index in [1.165, 1.54) is 6.42 Å². The molecule has 3 nitrogen and oxygen atoms in total. The Morgan fingerprint density at radius 3 is 2.64 bits per heavy atom. The van der Waals surface area contributed by atoms with Gasteiger partial charge in [0.15, 0.2) is 0 Å². The van der Waals surface area contributed by atoms with Gasteiger partial charge in [0, 0.05) is 18.8 Å². The molecule has 0 aromatic rings. The molecule has 82 valence electrons. The summed E-state index contributed by atoms with van der Waals surface area (Å²) in [7, 11) is 0. The van der Waals surface area contributed by atoms with Crippen molar-refractivity contribution in [3.8, 4) is 0 Å². The fourth-order valence-corrected chi connectivity index (χ4v) is 1.84. The standard InChI is InChI=1S/C10H19NO2S/c1-2-9-3-5-11(6-4-9)10(12)13-7-8-14/h9,14H,2-8H2,1H3. The number of carbonyl (C=O) groups is 1. The zero-order valence-corrected chi connectivity index (χ0v) is 9.63. The van der Waals surface area contributed by atoms with Gasteiger partial charge in [-0.3, -0.25) is 0 Å². The predicted molar refractivity (Wildman–Crippen MR) is 59.8 cm³/mol. The van der Waals surface area contributed by atoms with Crippen molar-refractivity contribution in [3.05, 3.63) is 0 Å². The van der Waals surface area contributed by atoms with Gasteiger partial charge in [-0.2, -0.15) is 12.6 Å². The van der Waals surface area contributed by atoms with Crippen LogP contribution < -0.4 is 0 Å². The number of ether oxygens (including phenoxy) is 1. The maximum Gasteiger partial charge on any atom is 0.409 e. The van der Waals surface area contributed by atoms with E-state index < -0.39 is 0 Å². The molecule has 4 heteroatoms. The molecule has 1 aliphatic rings. The molecule has 1 amide bonds. The van der Waals surface area contributed by atoms with E-state index in [1.807, 2.05) is 0 Å². The number of carbonyl (C=O) groups excluding carboxylic acids is 1. The Balaban J connectivity index is 2.23. The van der Waals surface area contributed by atoms with Crippen molar-refractivity contribution in [1.29, 1.82) is 0 Å². The monoisotopic (exact) mass is 217 g/mol. The summed E-state index contributed by atoms with van der Waals surface area (Å²) in [5.41, 5.74) is 0. The second-order valence-electron chi connectivity index (χ2n) is 3.68. The van der Waals surface area contributed by atoms with E-state index in [0.29, 0.717) is 12.4 Å². The number of hydrogen-bond donors (Lipinski definition) is 1. The van der Waals surface area contributed by atoms with E-state index in [1.54, 1.807) is 4.90 Å². The zero-order chi connectivity index (χ0) is 10.4. The molecule has 0 aromatic carbocycles. The number of likely N-dealkylation sites (tertiary alicyclic amines) is 1. The van der Waals surface area contributed by atoms with E-state index in [-0.39, 0.29) is 6.09 Å². The Morgan fingerprint density at radius 2 is 2.14 bits per heavy atom. The van der Waals surface area contributed by atoms with Crippen molar-refractivity contribution in [2.24, 2.45) is 5.92 Å². The summed E-state index contributed by atoms with van der Waals surface area (Å²) in [5, 5.41) is 0. The first-order valence-corrected chi connectivity index (χ1v) is 5.93. The minimum Gasteiger partial charge on any atom is -0.449 e. The number of thiol groups is 1. The largest absolute Gasteiger partial charge is 0.449 e. The molecule has 0 saturated carbocycles. The second kappa shape index (κ2) is 6.17. The Kier molecular flexibility index (Phi) is 5.15. The summed E-state index contributed by atoms with van der Waals surface area (Å²) in [5.74, 6) is 1.39. The van der Waals surface area contributed by atoms with E-state index in [9.17, 15) is 4.79 Å². The lowest BCUT2D eigenvalue weighted by Crippen LogP contribution is -2.38. The van der Waals surface area contributed by atoms with E-state index in [4.69, 9.17) is 4.74 Å². The summed E-state index contributed by atoms with van der Waals surface area (Å²) < 4.78 is 5.01. The van der Waals surface area contributed by atoms with Crippen LogP contribution in [0.1, 0.15) is 26.2 Å². The molecule has 0 bridgehead atoms. The van der Waals surface area contributed by atoms with Gasteiger partial charge in [-0.25, -0.2) is 4.79 Å². The third-order valence-corrected chi connectivity index (χ3v) is 2.95. The van der Waals surface area contributed by atoms with E-state index >= 15 is 0 Å². The van der Waals surface area contributed by atoms with Crippen LogP contribution in [0.15, 0.2) is 0 Å². The molecule has 0 N–H and O–H groups in total. The molecule has 0 spiro atoms. The van der Waals surface area contributed by atoms with Crippen molar-refractivity contribution in [2.75, 3.05) is 25.4 Å². The summed E-state index contributed by atoms with van der Waals surface area (Å²) in [6.07, 6.45) is 3.28. The highest BCUT2D eigenvalue weighted by Gasteiger charge is 2.22. The van der Waals surface area contributed by atoms with Gasteiger partial charge in [0.1, 0.15) is 6.61 Å². The zero-order valence-electron chi connectivity index (χ0n) is 8.74. The van der Waals surface area contributed by atoms with Gasteiger partial charge >= 0.3 is 6.09 Å². The summed E-state index contributed by atoms with van der Waals surface area (Å²) in [4.78, 5) is 13.2. The third kappa shape index (κ3) is 3.40. The van der Waals surface area contributed by atoms with Crippen LogP contribution in [-0.4, -0.2) is 36.4 Å². The molecule has 14 heavy (non-hydrogen) atoms. The number of piperidine rings is 1. The van der Waals surface area contributed by atoms with Gasteiger partial charge in [-0.05, 0) is 18.8 Å². The van der Waals surface area contributed by atoms with Gasteiger partial charge in [-0.15, -0.1) is 0 Å². The number of nitrogens with zero attached hydrogens (tertiary/aromatic N) is 1. The Labute approximate surface area is 91.2 Å². The highest BCUT2D eigenvalue weighted by atomic mass is 32.1. The van der Waals surface area contributed by atoms with Gasteiger partial charge in [0.2, 0.25) is 0 Å². The molecule has 0 radical (unpaired) electrons. The average molecular weight is 217 g/mol. The first-order valence-electron chi connectivity index (χ1n) is 5.30. The second-order valence-corrected chi connectivity index (χ2v) is 4.12. The molecule has 1 saturated heterocycles. The molecular weight excluding hydrogens is 198 g/mol. The molecule has 1 heterocycles. The van der Waals surface area contributed by atoms with Gasteiger partial charge in [0.05, 0.1) is 0 Å². The van der Waals surface area contributed by atoms with Crippen LogP contribution in [0.25, 0.3) is 0 Å². The Morgan fingerprint density at radius 1 is 1.50 bits per heavy atom. The number of hydrogen-bond acceptors (Lipinski definition) is 3. The van der Waals surface area contributed by atoms with Crippen molar-refractivity contribution in [2.45, 2.75) is 26.2 Å². The molecule has 0 aromatic heterocycles. The van der Waals surface area contributed by atoms with Crippen molar-refractivity contribution in [3.63, 3.8) is 0 Å². The van der Waals surface area contributed by atoms with Crippen molar-refractivity contribution < 1.29 is 9.53 Å². The highest BCUT2D eigenvalue weighted by molar-refractivity contribution is 7.80. The quantitative estimate of drug-likeness (QED) is 0.734. The Hall–Kier alpha value is -0.380. The molecule has 0 unspecified atom stereocenters. The number of rotatable bonds is 3. The molecule has 1 rings (SSSR count). The minimum atomic E-state index is -0.173. The lowest BCUT2D eigenvalue weighted by atomic mass is 9.95. The SMILES string of the molecule is CCC1CCN(C(=O)OCCS)CC1. The molecular formula is C10H19NO2S. The maximum atomic E-state index is 11.4. The van der Waals surface area contributed by atoms with Crippen LogP contribution in [-0.2, 0) is 4.74 Å². The third-order valence-electron chi connectivity index (χ3n) is 2.77. The van der Waals surface area contributed by atoms with Crippen molar-refractivity contribution >= 4 is 18.7 Å². The van der Waals surface area contributed by atoms with Gasteiger partial charge < -0.3 is 9.64 Å². The molecule has 0 aliphatic carbocycles. The normalized spacial score (nSPS) is 18.3. The van der Waals surface area contributed by atoms with Crippen LogP contribution in [0.4, 0.5) is 4.79 Å². The first kappa shape index (κ1) is 11.7. The predicted octanol–water partition coefficient (Wildman–Crippen LogP) is 2.17. The fourth-order valence-electron chi connectivity index (χ4n) is 1.75. The lowest BCUT2D eigenvalue weighted by molar-refractivity contribution is 0.0922. The van der Waals surface area contributed by atoms with Crippen LogP contribution >= 0.6 is 12.6 Å². The van der Waals surface area contributed by atoms with Gasteiger partial charge in [-0.1, -0.05) is 13.3 Å². The smallest absolute Gasteiger partial charge is 0.409 e. The summed E-state index contributed by atoms with van der Waals surface area (Å²) in [6.45, 7) is 4.32. The van der Waals surface area contributed by atoms with Crippen LogP contribution in [0, 0.1) is 5.92 Å².